The van der Waals surface area contributed by atoms with Gasteiger partial charge < -0.3 is 29.0 Å². The van der Waals surface area contributed by atoms with Crippen molar-refractivity contribution in [2.75, 3.05) is 46.1 Å². The third-order valence-corrected chi connectivity index (χ3v) is 4.28. The first-order chi connectivity index (χ1) is 11.8. The highest BCUT2D eigenvalue weighted by atomic mass is 16.7. The molecule has 2 aliphatic rings. The average molecular weight is 345 g/mol. The highest BCUT2D eigenvalue weighted by Gasteiger charge is 2.18. The normalized spacial score (nSPS) is 24.7. The fourth-order valence-corrected chi connectivity index (χ4v) is 2.89. The first-order valence-electron chi connectivity index (χ1n) is 9.14. The van der Waals surface area contributed by atoms with Crippen LogP contribution in [0.25, 0.3) is 0 Å². The summed E-state index contributed by atoms with van der Waals surface area (Å²) in [5, 5.41) is 8.99. The maximum atomic E-state index is 12.1. The molecule has 0 aromatic carbocycles. The van der Waals surface area contributed by atoms with Crippen LogP contribution in [0.4, 0.5) is 0 Å². The summed E-state index contributed by atoms with van der Waals surface area (Å²) >= 11 is 0. The molecule has 0 saturated carbocycles. The van der Waals surface area contributed by atoms with Crippen LogP contribution >= 0.6 is 0 Å². The van der Waals surface area contributed by atoms with Gasteiger partial charge in [0.25, 0.3) is 0 Å². The predicted molar refractivity (Wildman–Crippen MR) is 87.4 cm³/mol. The van der Waals surface area contributed by atoms with Crippen LogP contribution in [0.1, 0.15) is 44.9 Å². The van der Waals surface area contributed by atoms with Gasteiger partial charge in [0.15, 0.2) is 12.6 Å². The molecular weight excluding hydrogens is 314 g/mol. The zero-order valence-electron chi connectivity index (χ0n) is 14.5. The third kappa shape index (κ3) is 7.44. The first-order valence-corrected chi connectivity index (χ1v) is 9.14. The average Bonchev–Trinajstić information content (AvgIpc) is 2.62. The number of aliphatic hydroxyl groups excluding tert-OH is 1. The van der Waals surface area contributed by atoms with Crippen molar-refractivity contribution in [3.8, 4) is 0 Å². The van der Waals surface area contributed by atoms with Crippen LogP contribution in [0, 0.1) is 0 Å². The van der Waals surface area contributed by atoms with Crippen molar-refractivity contribution in [3.63, 3.8) is 0 Å². The van der Waals surface area contributed by atoms with Crippen LogP contribution < -0.4 is 0 Å². The molecule has 0 unspecified atom stereocenters. The molecule has 2 atom stereocenters. The van der Waals surface area contributed by atoms with E-state index in [9.17, 15) is 4.79 Å². The molecule has 0 aromatic rings. The van der Waals surface area contributed by atoms with E-state index < -0.39 is 0 Å². The molecule has 0 bridgehead atoms. The lowest BCUT2D eigenvalue weighted by atomic mass is 10.2. The summed E-state index contributed by atoms with van der Waals surface area (Å²) in [6, 6.07) is 0. The minimum Gasteiger partial charge on any atom is -0.396 e. The monoisotopic (exact) mass is 345 g/mol. The molecule has 2 fully saturated rings. The Labute approximate surface area is 144 Å². The Bertz CT molecular complexity index is 318. The fraction of sp³-hybridized carbons (Fsp3) is 0.941. The van der Waals surface area contributed by atoms with Crippen molar-refractivity contribution in [3.05, 3.63) is 0 Å². The minimum atomic E-state index is -0.152. The largest absolute Gasteiger partial charge is 0.396 e. The van der Waals surface area contributed by atoms with Crippen molar-refractivity contribution >= 4 is 5.91 Å². The molecule has 2 heterocycles. The lowest BCUT2D eigenvalue weighted by Gasteiger charge is -2.27. The van der Waals surface area contributed by atoms with Gasteiger partial charge in [-0.15, -0.1) is 0 Å². The lowest BCUT2D eigenvalue weighted by Crippen LogP contribution is -2.39. The summed E-state index contributed by atoms with van der Waals surface area (Å²) in [5.74, 6) is -0.0844. The number of hydrogen-bond acceptors (Lipinski definition) is 6. The van der Waals surface area contributed by atoms with Crippen LogP contribution in [0.5, 0.6) is 0 Å². The zero-order valence-corrected chi connectivity index (χ0v) is 14.5. The van der Waals surface area contributed by atoms with E-state index in [-0.39, 0.29) is 31.5 Å². The van der Waals surface area contributed by atoms with Crippen LogP contribution in [0.3, 0.4) is 0 Å². The Morgan fingerprint density at radius 2 is 1.50 bits per heavy atom. The van der Waals surface area contributed by atoms with Crippen LogP contribution in [0.15, 0.2) is 0 Å². The highest BCUT2D eigenvalue weighted by molar-refractivity contribution is 5.76. The van der Waals surface area contributed by atoms with Crippen molar-refractivity contribution in [2.45, 2.75) is 57.5 Å². The molecule has 2 rings (SSSR count). The Hall–Kier alpha value is -0.730. The fourth-order valence-electron chi connectivity index (χ4n) is 2.89. The SMILES string of the molecule is O=C(CCO)N(CCO[C@H]1CCCCO1)CCO[C@H]1CCCCO1. The van der Waals surface area contributed by atoms with Crippen molar-refractivity contribution in [2.24, 2.45) is 0 Å². The molecule has 24 heavy (non-hydrogen) atoms. The second kappa shape index (κ2) is 11.8. The Morgan fingerprint density at radius 1 is 0.958 bits per heavy atom. The standard InChI is InChI=1S/C17H31NO6/c19-10-7-15(20)18(8-13-23-16-5-1-3-11-21-16)9-14-24-17-6-2-4-12-22-17/h16-17,19H,1-14H2/t16-,17-/m0/s1. The summed E-state index contributed by atoms with van der Waals surface area (Å²) in [6.07, 6.45) is 6.04. The van der Waals surface area contributed by atoms with Gasteiger partial charge in [0, 0.05) is 32.7 Å². The molecule has 7 heteroatoms. The van der Waals surface area contributed by atoms with Crippen molar-refractivity contribution < 1.29 is 28.8 Å². The minimum absolute atomic E-state index is 0.0844. The molecule has 0 radical (unpaired) electrons. The van der Waals surface area contributed by atoms with E-state index in [2.05, 4.69) is 0 Å². The van der Waals surface area contributed by atoms with Gasteiger partial charge in [-0.25, -0.2) is 0 Å². The number of nitrogens with zero attached hydrogens (tertiary/aromatic N) is 1. The van der Waals surface area contributed by atoms with Gasteiger partial charge in [0.05, 0.1) is 19.8 Å². The van der Waals surface area contributed by atoms with E-state index in [1.54, 1.807) is 4.90 Å². The Kier molecular flexibility index (Phi) is 9.60. The Morgan fingerprint density at radius 3 is 1.92 bits per heavy atom. The third-order valence-electron chi connectivity index (χ3n) is 4.28. The van der Waals surface area contributed by atoms with E-state index in [4.69, 9.17) is 24.1 Å². The lowest BCUT2D eigenvalue weighted by molar-refractivity contribution is -0.173. The quantitative estimate of drug-likeness (QED) is 0.643. The van der Waals surface area contributed by atoms with Gasteiger partial charge in [-0.1, -0.05) is 0 Å². The number of carbonyl (C=O) groups excluding carboxylic acids is 1. The molecule has 0 aromatic heterocycles. The van der Waals surface area contributed by atoms with E-state index in [1.807, 2.05) is 0 Å². The number of ether oxygens (including phenoxy) is 4. The van der Waals surface area contributed by atoms with Crippen LogP contribution in [0.2, 0.25) is 0 Å². The smallest absolute Gasteiger partial charge is 0.225 e. The summed E-state index contributed by atoms with van der Waals surface area (Å²) in [5.41, 5.74) is 0. The molecule has 0 spiro atoms. The highest BCUT2D eigenvalue weighted by Crippen LogP contribution is 2.14. The second-order valence-electron chi connectivity index (χ2n) is 6.19. The summed E-state index contributed by atoms with van der Waals surface area (Å²) in [4.78, 5) is 13.8. The first kappa shape index (κ1) is 19.6. The van der Waals surface area contributed by atoms with Gasteiger partial charge in [0.1, 0.15) is 0 Å². The number of amides is 1. The summed E-state index contributed by atoms with van der Waals surface area (Å²) in [6.45, 7) is 3.17. The van der Waals surface area contributed by atoms with Gasteiger partial charge in [-0.3, -0.25) is 4.79 Å². The number of hydrogen-bond donors (Lipinski definition) is 1. The molecule has 2 saturated heterocycles. The van der Waals surface area contributed by atoms with Crippen LogP contribution in [-0.4, -0.2) is 74.6 Å². The van der Waals surface area contributed by atoms with E-state index in [0.29, 0.717) is 26.3 Å². The molecule has 0 aliphatic carbocycles. The predicted octanol–water partition coefficient (Wildman–Crippen LogP) is 1.28. The zero-order chi connectivity index (χ0) is 17.0. The van der Waals surface area contributed by atoms with Crippen LogP contribution in [-0.2, 0) is 23.7 Å². The maximum absolute atomic E-state index is 12.1. The van der Waals surface area contributed by atoms with Crippen molar-refractivity contribution in [1.82, 2.24) is 4.90 Å². The van der Waals surface area contributed by atoms with Gasteiger partial charge in [0.2, 0.25) is 5.91 Å². The summed E-state index contributed by atoms with van der Waals surface area (Å²) < 4.78 is 22.4. The number of aliphatic hydroxyl groups is 1. The second-order valence-corrected chi connectivity index (χ2v) is 6.19. The van der Waals surface area contributed by atoms with Gasteiger partial charge in [-0.2, -0.15) is 0 Å². The molecule has 1 N–H and O–H groups in total. The van der Waals surface area contributed by atoms with Crippen molar-refractivity contribution in [1.29, 1.82) is 0 Å². The molecule has 7 nitrogen and oxygen atoms in total. The number of rotatable bonds is 10. The molecular formula is C17H31NO6. The number of carbonyl (C=O) groups is 1. The molecule has 1 amide bonds. The van der Waals surface area contributed by atoms with E-state index >= 15 is 0 Å². The topological polar surface area (TPSA) is 77.5 Å². The molecule has 2 aliphatic heterocycles. The molecule has 140 valence electrons. The van der Waals surface area contributed by atoms with E-state index in [0.717, 1.165) is 51.7 Å². The van der Waals surface area contributed by atoms with Gasteiger partial charge >= 0.3 is 0 Å². The summed E-state index contributed by atoms with van der Waals surface area (Å²) in [7, 11) is 0. The van der Waals surface area contributed by atoms with E-state index in [1.165, 1.54) is 0 Å². The Balaban J connectivity index is 1.66. The maximum Gasteiger partial charge on any atom is 0.225 e. The van der Waals surface area contributed by atoms with Gasteiger partial charge in [-0.05, 0) is 38.5 Å².